The first-order chi connectivity index (χ1) is 16.2. The number of carbonyl (C=O) groups excluding carboxylic acids is 4. The Labute approximate surface area is 200 Å². The van der Waals surface area contributed by atoms with Gasteiger partial charge in [0.1, 0.15) is 9.88 Å². The van der Waals surface area contributed by atoms with Crippen LogP contribution in [0.15, 0.2) is 36.4 Å². The van der Waals surface area contributed by atoms with Crippen molar-refractivity contribution in [3.8, 4) is 5.69 Å². The number of hydrogen-bond donors (Lipinski definition) is 1. The number of aryl methyl sites for hydroxylation is 1. The van der Waals surface area contributed by atoms with Gasteiger partial charge in [0, 0.05) is 17.1 Å². The van der Waals surface area contributed by atoms with Crippen LogP contribution < -0.4 is 5.32 Å². The molecule has 0 aliphatic heterocycles. The van der Waals surface area contributed by atoms with E-state index in [1.165, 1.54) is 14.2 Å². The molecule has 3 aromatic rings. The van der Waals surface area contributed by atoms with E-state index < -0.39 is 30.4 Å². The lowest BCUT2D eigenvalue weighted by atomic mass is 10.1. The minimum atomic E-state index is -0.718. The SMILES string of the molecule is COC(=O)c1sc(NC(=O)COC(=O)c2cc(C)n(-c3ccccc3)c2C)c(C(=O)OC)c1C. The Morgan fingerprint density at radius 3 is 2.21 bits per heavy atom. The van der Waals surface area contributed by atoms with Crippen LogP contribution in [0, 0.1) is 20.8 Å². The van der Waals surface area contributed by atoms with Gasteiger partial charge in [0.25, 0.3) is 5.91 Å². The molecule has 0 saturated heterocycles. The molecule has 34 heavy (non-hydrogen) atoms. The fourth-order valence-corrected chi connectivity index (χ4v) is 4.68. The summed E-state index contributed by atoms with van der Waals surface area (Å²) in [5.41, 5.74) is 3.12. The van der Waals surface area contributed by atoms with Gasteiger partial charge in [-0.25, -0.2) is 14.4 Å². The normalized spacial score (nSPS) is 10.5. The zero-order valence-corrected chi connectivity index (χ0v) is 20.2. The third kappa shape index (κ3) is 4.86. The summed E-state index contributed by atoms with van der Waals surface area (Å²) in [7, 11) is 2.41. The topological polar surface area (TPSA) is 113 Å². The average molecular weight is 485 g/mol. The molecular weight excluding hydrogens is 460 g/mol. The smallest absolute Gasteiger partial charge is 0.348 e. The molecule has 10 heteroatoms. The van der Waals surface area contributed by atoms with Gasteiger partial charge in [-0.2, -0.15) is 0 Å². The quantitative estimate of drug-likeness (QED) is 0.400. The van der Waals surface area contributed by atoms with Crippen molar-refractivity contribution in [3.05, 3.63) is 69.4 Å². The molecule has 0 bridgehead atoms. The minimum Gasteiger partial charge on any atom is -0.465 e. The highest BCUT2D eigenvalue weighted by Crippen LogP contribution is 2.34. The van der Waals surface area contributed by atoms with Gasteiger partial charge < -0.3 is 24.1 Å². The van der Waals surface area contributed by atoms with Gasteiger partial charge in [-0.15, -0.1) is 11.3 Å². The number of carbonyl (C=O) groups is 4. The Kier molecular flexibility index (Phi) is 7.52. The van der Waals surface area contributed by atoms with E-state index in [2.05, 4.69) is 5.32 Å². The maximum absolute atomic E-state index is 12.7. The van der Waals surface area contributed by atoms with Crippen LogP contribution in [0.4, 0.5) is 5.00 Å². The summed E-state index contributed by atoms with van der Waals surface area (Å²) in [6.45, 7) is 4.63. The van der Waals surface area contributed by atoms with E-state index >= 15 is 0 Å². The van der Waals surface area contributed by atoms with Gasteiger partial charge in [-0.1, -0.05) is 18.2 Å². The van der Waals surface area contributed by atoms with Gasteiger partial charge in [0.05, 0.1) is 25.3 Å². The van der Waals surface area contributed by atoms with Gasteiger partial charge in [0.2, 0.25) is 0 Å². The third-order valence-corrected chi connectivity index (χ3v) is 6.35. The number of nitrogens with one attached hydrogen (secondary N) is 1. The molecule has 1 N–H and O–H groups in total. The Balaban J connectivity index is 1.75. The highest BCUT2D eigenvalue weighted by molar-refractivity contribution is 7.18. The van der Waals surface area contributed by atoms with Crippen LogP contribution >= 0.6 is 11.3 Å². The number of para-hydroxylation sites is 1. The van der Waals surface area contributed by atoms with Crippen LogP contribution in [0.25, 0.3) is 5.69 Å². The number of amides is 1. The average Bonchev–Trinajstić information content (AvgIpc) is 3.32. The number of thiophene rings is 1. The van der Waals surface area contributed by atoms with Gasteiger partial charge in [0.15, 0.2) is 6.61 Å². The maximum Gasteiger partial charge on any atom is 0.348 e. The zero-order valence-electron chi connectivity index (χ0n) is 19.4. The van der Waals surface area contributed by atoms with E-state index in [0.717, 1.165) is 22.7 Å². The molecule has 0 unspecified atom stereocenters. The molecule has 1 amide bonds. The molecular formula is C24H24N2O7S. The molecule has 178 valence electrons. The molecule has 0 spiro atoms. The van der Waals surface area contributed by atoms with Crippen molar-refractivity contribution in [1.82, 2.24) is 4.57 Å². The van der Waals surface area contributed by atoms with E-state index in [1.54, 1.807) is 19.9 Å². The summed E-state index contributed by atoms with van der Waals surface area (Å²) in [6, 6.07) is 11.2. The molecule has 3 rings (SSSR count). The van der Waals surface area contributed by atoms with E-state index in [-0.39, 0.29) is 15.4 Å². The predicted molar refractivity (Wildman–Crippen MR) is 126 cm³/mol. The number of methoxy groups -OCH3 is 2. The molecule has 0 atom stereocenters. The fourth-order valence-electron chi connectivity index (χ4n) is 3.55. The van der Waals surface area contributed by atoms with Crippen molar-refractivity contribution in [2.24, 2.45) is 0 Å². The van der Waals surface area contributed by atoms with Crippen molar-refractivity contribution in [2.45, 2.75) is 20.8 Å². The standard InChI is InChI=1S/C24H24N2O7S/c1-13-11-17(15(3)26(13)16-9-7-6-8-10-16)22(28)33-12-18(27)25-21-19(23(29)31-4)14(2)20(34-21)24(30)32-5/h6-11H,12H2,1-5H3,(H,25,27). The van der Waals surface area contributed by atoms with Gasteiger partial charge in [-0.3, -0.25) is 4.79 Å². The lowest BCUT2D eigenvalue weighted by Gasteiger charge is -2.10. The van der Waals surface area contributed by atoms with Crippen molar-refractivity contribution in [2.75, 3.05) is 26.1 Å². The van der Waals surface area contributed by atoms with Crippen LogP contribution in [-0.4, -0.2) is 49.2 Å². The second kappa shape index (κ2) is 10.3. The van der Waals surface area contributed by atoms with Crippen LogP contribution in [0.5, 0.6) is 0 Å². The van der Waals surface area contributed by atoms with E-state index in [0.29, 0.717) is 16.8 Å². The number of anilines is 1. The molecule has 9 nitrogen and oxygen atoms in total. The summed E-state index contributed by atoms with van der Waals surface area (Å²) >= 11 is 0.876. The Morgan fingerprint density at radius 1 is 0.941 bits per heavy atom. The second-order valence-corrected chi connectivity index (χ2v) is 8.34. The number of esters is 3. The molecule has 0 radical (unpaired) electrons. The summed E-state index contributed by atoms with van der Waals surface area (Å²) in [6.07, 6.45) is 0. The molecule has 0 aliphatic carbocycles. The number of aromatic nitrogens is 1. The van der Waals surface area contributed by atoms with Gasteiger partial charge >= 0.3 is 17.9 Å². The first-order valence-electron chi connectivity index (χ1n) is 10.2. The minimum absolute atomic E-state index is 0.0407. The Hall–Kier alpha value is -3.92. The Bertz CT molecular complexity index is 1260. The first kappa shape index (κ1) is 24.7. The van der Waals surface area contributed by atoms with Crippen LogP contribution in [-0.2, 0) is 19.0 Å². The highest BCUT2D eigenvalue weighted by Gasteiger charge is 2.27. The molecule has 2 heterocycles. The third-order valence-electron chi connectivity index (χ3n) is 5.16. The van der Waals surface area contributed by atoms with Crippen LogP contribution in [0.1, 0.15) is 47.3 Å². The lowest BCUT2D eigenvalue weighted by molar-refractivity contribution is -0.119. The first-order valence-corrected chi connectivity index (χ1v) is 11.0. The zero-order chi connectivity index (χ0) is 25.0. The number of ether oxygens (including phenoxy) is 3. The summed E-state index contributed by atoms with van der Waals surface area (Å²) in [4.78, 5) is 49.5. The maximum atomic E-state index is 12.7. The molecule has 0 aliphatic rings. The summed E-state index contributed by atoms with van der Waals surface area (Å²) in [5.74, 6) is -2.69. The Morgan fingerprint density at radius 2 is 1.59 bits per heavy atom. The molecule has 0 fully saturated rings. The fraction of sp³-hybridized carbons (Fsp3) is 0.250. The number of nitrogens with zero attached hydrogens (tertiary/aromatic N) is 1. The van der Waals surface area contributed by atoms with Crippen LogP contribution in [0.2, 0.25) is 0 Å². The van der Waals surface area contributed by atoms with Crippen LogP contribution in [0.3, 0.4) is 0 Å². The summed E-state index contributed by atoms with van der Waals surface area (Å²) in [5, 5.41) is 2.62. The second-order valence-electron chi connectivity index (χ2n) is 7.32. The van der Waals surface area contributed by atoms with Crippen molar-refractivity contribution < 1.29 is 33.4 Å². The van der Waals surface area contributed by atoms with E-state index in [4.69, 9.17) is 14.2 Å². The molecule has 1 aromatic carbocycles. The van der Waals surface area contributed by atoms with Crippen molar-refractivity contribution in [1.29, 1.82) is 0 Å². The predicted octanol–water partition coefficient (Wildman–Crippen LogP) is 3.83. The van der Waals surface area contributed by atoms with E-state index in [9.17, 15) is 19.2 Å². The number of hydrogen-bond acceptors (Lipinski definition) is 8. The highest BCUT2D eigenvalue weighted by atomic mass is 32.1. The number of rotatable bonds is 7. The lowest BCUT2D eigenvalue weighted by Crippen LogP contribution is -2.22. The molecule has 0 saturated carbocycles. The summed E-state index contributed by atoms with van der Waals surface area (Å²) < 4.78 is 16.6. The number of benzene rings is 1. The van der Waals surface area contributed by atoms with Gasteiger partial charge in [-0.05, 0) is 44.5 Å². The van der Waals surface area contributed by atoms with E-state index in [1.807, 2.05) is 41.8 Å². The largest absolute Gasteiger partial charge is 0.465 e. The molecule has 2 aromatic heterocycles. The van der Waals surface area contributed by atoms with Crippen molar-refractivity contribution >= 4 is 40.2 Å². The van der Waals surface area contributed by atoms with Crippen molar-refractivity contribution in [3.63, 3.8) is 0 Å². The monoisotopic (exact) mass is 484 g/mol.